The van der Waals surface area contributed by atoms with Crippen molar-refractivity contribution < 1.29 is 9.84 Å². The van der Waals surface area contributed by atoms with Crippen LogP contribution < -0.4 is 4.74 Å². The van der Waals surface area contributed by atoms with Crippen molar-refractivity contribution in [1.82, 2.24) is 0 Å². The van der Waals surface area contributed by atoms with Crippen molar-refractivity contribution >= 4 is 27.7 Å². The van der Waals surface area contributed by atoms with Gasteiger partial charge in [-0.2, -0.15) is 0 Å². The van der Waals surface area contributed by atoms with Gasteiger partial charge < -0.3 is 9.84 Å². The Labute approximate surface area is 132 Å². The summed E-state index contributed by atoms with van der Waals surface area (Å²) in [7, 11) is 1.65. The third-order valence-corrected chi connectivity index (χ3v) is 5.05. The fraction of sp³-hybridized carbons (Fsp3) is 0.250. The number of benzene rings is 2. The molecule has 0 bridgehead atoms. The van der Waals surface area contributed by atoms with E-state index in [9.17, 15) is 5.11 Å². The molecule has 0 aromatic heterocycles. The van der Waals surface area contributed by atoms with Gasteiger partial charge in [0, 0.05) is 15.1 Å². The van der Waals surface area contributed by atoms with Gasteiger partial charge in [0.2, 0.25) is 0 Å². The fourth-order valence-electron chi connectivity index (χ4n) is 1.88. The topological polar surface area (TPSA) is 29.5 Å². The molecule has 2 aromatic rings. The van der Waals surface area contributed by atoms with Gasteiger partial charge >= 0.3 is 0 Å². The molecule has 20 heavy (non-hydrogen) atoms. The highest BCUT2D eigenvalue weighted by Crippen LogP contribution is 2.28. The van der Waals surface area contributed by atoms with Gasteiger partial charge in [0.1, 0.15) is 5.75 Å². The number of hydrogen-bond acceptors (Lipinski definition) is 3. The molecule has 0 aliphatic rings. The highest BCUT2D eigenvalue weighted by molar-refractivity contribution is 9.10. The summed E-state index contributed by atoms with van der Waals surface area (Å²) in [6.07, 6.45) is 0.258. The molecule has 2 aromatic carbocycles. The molecule has 0 spiro atoms. The highest BCUT2D eigenvalue weighted by Gasteiger charge is 2.08. The second-order valence-electron chi connectivity index (χ2n) is 4.45. The Kier molecular flexibility index (Phi) is 5.95. The molecular formula is C16H17BrO2S. The van der Waals surface area contributed by atoms with Crippen LogP contribution in [0.1, 0.15) is 5.56 Å². The second-order valence-corrected chi connectivity index (χ2v) is 6.37. The summed E-state index contributed by atoms with van der Waals surface area (Å²) in [6, 6.07) is 15.9. The van der Waals surface area contributed by atoms with Crippen molar-refractivity contribution in [2.45, 2.75) is 17.4 Å². The molecule has 0 aliphatic heterocycles. The number of methoxy groups -OCH3 is 1. The van der Waals surface area contributed by atoms with E-state index in [0.717, 1.165) is 20.7 Å². The Morgan fingerprint density at radius 1 is 1.20 bits per heavy atom. The standard InChI is InChI=1S/C16H17BrO2S/c1-19-14-6-4-5-12(10-14)9-13(18)11-20-16-8-3-2-7-15(16)17/h2-8,10,13,18H,9,11H2,1H3. The minimum Gasteiger partial charge on any atom is -0.497 e. The number of ether oxygens (including phenoxy) is 1. The zero-order chi connectivity index (χ0) is 14.4. The average Bonchev–Trinajstić information content (AvgIpc) is 2.46. The van der Waals surface area contributed by atoms with Crippen molar-refractivity contribution in [3.05, 3.63) is 58.6 Å². The van der Waals surface area contributed by atoms with E-state index in [1.54, 1.807) is 18.9 Å². The van der Waals surface area contributed by atoms with Crippen molar-refractivity contribution in [2.75, 3.05) is 12.9 Å². The lowest BCUT2D eigenvalue weighted by molar-refractivity contribution is 0.200. The lowest BCUT2D eigenvalue weighted by Crippen LogP contribution is -2.13. The lowest BCUT2D eigenvalue weighted by atomic mass is 10.1. The maximum absolute atomic E-state index is 10.1. The van der Waals surface area contributed by atoms with E-state index in [2.05, 4.69) is 15.9 Å². The summed E-state index contributed by atoms with van der Waals surface area (Å²) in [6.45, 7) is 0. The predicted molar refractivity (Wildman–Crippen MR) is 87.6 cm³/mol. The van der Waals surface area contributed by atoms with Crippen LogP contribution in [0.2, 0.25) is 0 Å². The zero-order valence-electron chi connectivity index (χ0n) is 11.3. The maximum Gasteiger partial charge on any atom is 0.119 e. The third-order valence-electron chi connectivity index (χ3n) is 2.87. The Bertz CT molecular complexity index is 560. The van der Waals surface area contributed by atoms with Gasteiger partial charge in [-0.05, 0) is 52.2 Å². The van der Waals surface area contributed by atoms with Gasteiger partial charge in [-0.25, -0.2) is 0 Å². The summed E-state index contributed by atoms with van der Waals surface area (Å²) in [4.78, 5) is 1.15. The molecule has 0 saturated heterocycles. The number of rotatable bonds is 6. The Morgan fingerprint density at radius 2 is 2.00 bits per heavy atom. The first kappa shape index (κ1) is 15.4. The van der Waals surface area contributed by atoms with E-state index < -0.39 is 0 Å². The number of thioether (sulfide) groups is 1. The summed E-state index contributed by atoms with van der Waals surface area (Å²) < 4.78 is 6.26. The van der Waals surface area contributed by atoms with Gasteiger partial charge in [0.25, 0.3) is 0 Å². The maximum atomic E-state index is 10.1. The molecule has 1 N–H and O–H groups in total. The minimum atomic E-state index is -0.376. The zero-order valence-corrected chi connectivity index (χ0v) is 13.7. The average molecular weight is 353 g/mol. The number of hydrogen-bond donors (Lipinski definition) is 1. The first-order valence-corrected chi connectivity index (χ1v) is 8.15. The first-order chi connectivity index (χ1) is 9.69. The van der Waals surface area contributed by atoms with E-state index in [1.807, 2.05) is 48.5 Å². The van der Waals surface area contributed by atoms with Crippen LogP contribution in [0.4, 0.5) is 0 Å². The molecule has 0 fully saturated rings. The number of halogens is 1. The molecule has 0 radical (unpaired) electrons. The van der Waals surface area contributed by atoms with Crippen molar-refractivity contribution in [3.63, 3.8) is 0 Å². The first-order valence-electron chi connectivity index (χ1n) is 6.37. The Morgan fingerprint density at radius 3 is 2.75 bits per heavy atom. The van der Waals surface area contributed by atoms with Crippen LogP contribution in [0.5, 0.6) is 5.75 Å². The van der Waals surface area contributed by atoms with Crippen LogP contribution in [0.3, 0.4) is 0 Å². The normalized spacial score (nSPS) is 12.2. The van der Waals surface area contributed by atoms with Gasteiger partial charge in [-0.1, -0.05) is 24.3 Å². The summed E-state index contributed by atoms with van der Waals surface area (Å²) in [5, 5.41) is 10.1. The fourth-order valence-corrected chi connectivity index (χ4v) is 3.38. The summed E-state index contributed by atoms with van der Waals surface area (Å²) in [5.74, 6) is 1.49. The van der Waals surface area contributed by atoms with Crippen LogP contribution in [0, 0.1) is 0 Å². The van der Waals surface area contributed by atoms with Crippen molar-refractivity contribution in [3.8, 4) is 5.75 Å². The molecular weight excluding hydrogens is 336 g/mol. The smallest absolute Gasteiger partial charge is 0.119 e. The number of aliphatic hydroxyl groups is 1. The van der Waals surface area contributed by atoms with Crippen LogP contribution in [-0.4, -0.2) is 24.1 Å². The van der Waals surface area contributed by atoms with Crippen LogP contribution in [0.25, 0.3) is 0 Å². The monoisotopic (exact) mass is 352 g/mol. The SMILES string of the molecule is COc1cccc(CC(O)CSc2ccccc2Br)c1. The molecule has 2 rings (SSSR count). The second kappa shape index (κ2) is 7.72. The van der Waals surface area contributed by atoms with E-state index in [-0.39, 0.29) is 6.10 Å². The summed E-state index contributed by atoms with van der Waals surface area (Å²) in [5.41, 5.74) is 1.09. The van der Waals surface area contributed by atoms with Crippen LogP contribution in [0.15, 0.2) is 57.9 Å². The quantitative estimate of drug-likeness (QED) is 0.791. The Hall–Kier alpha value is -0.970. The Balaban J connectivity index is 1.89. The van der Waals surface area contributed by atoms with Crippen LogP contribution in [-0.2, 0) is 6.42 Å². The third kappa shape index (κ3) is 4.54. The van der Waals surface area contributed by atoms with Crippen molar-refractivity contribution in [2.24, 2.45) is 0 Å². The molecule has 0 saturated carbocycles. The van der Waals surface area contributed by atoms with Gasteiger partial charge in [0.15, 0.2) is 0 Å². The number of aliphatic hydroxyl groups excluding tert-OH is 1. The van der Waals surface area contributed by atoms with Crippen LogP contribution >= 0.6 is 27.7 Å². The van der Waals surface area contributed by atoms with E-state index in [4.69, 9.17) is 4.74 Å². The van der Waals surface area contributed by atoms with E-state index in [0.29, 0.717) is 12.2 Å². The molecule has 0 heterocycles. The molecule has 106 valence electrons. The van der Waals surface area contributed by atoms with Gasteiger partial charge in [-0.3, -0.25) is 0 Å². The van der Waals surface area contributed by atoms with E-state index >= 15 is 0 Å². The molecule has 1 atom stereocenters. The predicted octanol–water partition coefficient (Wildman–Crippen LogP) is 4.15. The van der Waals surface area contributed by atoms with Crippen molar-refractivity contribution in [1.29, 1.82) is 0 Å². The largest absolute Gasteiger partial charge is 0.497 e. The van der Waals surface area contributed by atoms with E-state index in [1.165, 1.54) is 0 Å². The van der Waals surface area contributed by atoms with Gasteiger partial charge in [-0.15, -0.1) is 11.8 Å². The highest BCUT2D eigenvalue weighted by atomic mass is 79.9. The molecule has 4 heteroatoms. The summed E-state index contributed by atoms with van der Waals surface area (Å²) >= 11 is 5.17. The molecule has 0 aliphatic carbocycles. The molecule has 2 nitrogen and oxygen atoms in total. The lowest BCUT2D eigenvalue weighted by Gasteiger charge is -2.12. The van der Waals surface area contributed by atoms with Gasteiger partial charge in [0.05, 0.1) is 13.2 Å². The molecule has 1 unspecified atom stereocenters. The molecule has 0 amide bonds. The minimum absolute atomic E-state index is 0.376.